The quantitative estimate of drug-likeness (QED) is 0.787. The first-order valence-electron chi connectivity index (χ1n) is 8.01. The third-order valence-corrected chi connectivity index (χ3v) is 5.08. The second-order valence-electron chi connectivity index (χ2n) is 6.63. The molecule has 2 aliphatic carbocycles. The fraction of sp³-hybridized carbons (Fsp3) is 0.529. The van der Waals surface area contributed by atoms with Crippen molar-refractivity contribution >= 4 is 11.8 Å². The fourth-order valence-electron chi connectivity index (χ4n) is 4.07. The van der Waals surface area contributed by atoms with Crippen LogP contribution in [0.5, 0.6) is 0 Å². The van der Waals surface area contributed by atoms with Crippen LogP contribution in [-0.2, 0) is 0 Å². The number of rotatable bonds is 3. The molecule has 2 saturated carbocycles. The second-order valence-corrected chi connectivity index (χ2v) is 6.63. The van der Waals surface area contributed by atoms with Gasteiger partial charge in [-0.3, -0.25) is 9.59 Å². The standard InChI is InChI=1S/C17H23N3O2/c18-14-8-10-3-1-4-11(9-14)15(10)20-17(22)13-6-2-5-12(7-13)16(19)21/h2,5-7,10-11,14-15H,1,3-4,8-9,18H2,(H2,19,21)(H,20,22). The number of carbonyl (C=O) groups is 2. The summed E-state index contributed by atoms with van der Waals surface area (Å²) in [5.74, 6) is 0.312. The molecule has 0 radical (unpaired) electrons. The Bertz CT molecular complexity index is 573. The summed E-state index contributed by atoms with van der Waals surface area (Å²) in [6, 6.07) is 7.05. The van der Waals surface area contributed by atoms with Crippen LogP contribution in [-0.4, -0.2) is 23.9 Å². The Balaban J connectivity index is 1.74. The molecule has 5 N–H and O–H groups in total. The van der Waals surface area contributed by atoms with E-state index in [1.165, 1.54) is 6.42 Å². The zero-order valence-corrected chi connectivity index (χ0v) is 12.6. The maximum atomic E-state index is 12.5. The molecule has 3 rings (SSSR count). The van der Waals surface area contributed by atoms with Crippen LogP contribution >= 0.6 is 0 Å². The highest BCUT2D eigenvalue weighted by atomic mass is 16.2. The third-order valence-electron chi connectivity index (χ3n) is 5.08. The number of carbonyl (C=O) groups excluding carboxylic acids is 2. The Hall–Kier alpha value is -1.88. The highest BCUT2D eigenvalue weighted by molar-refractivity contribution is 5.99. The van der Waals surface area contributed by atoms with Gasteiger partial charge in [0.25, 0.3) is 5.91 Å². The van der Waals surface area contributed by atoms with Gasteiger partial charge in [-0.2, -0.15) is 0 Å². The first-order chi connectivity index (χ1) is 10.5. The van der Waals surface area contributed by atoms with E-state index < -0.39 is 5.91 Å². The van der Waals surface area contributed by atoms with Crippen molar-refractivity contribution in [1.82, 2.24) is 5.32 Å². The van der Waals surface area contributed by atoms with Gasteiger partial charge in [-0.15, -0.1) is 0 Å². The van der Waals surface area contributed by atoms with Crippen LogP contribution < -0.4 is 16.8 Å². The van der Waals surface area contributed by atoms with Crippen LogP contribution in [0.2, 0.25) is 0 Å². The average molecular weight is 301 g/mol. The molecule has 5 nitrogen and oxygen atoms in total. The first-order valence-corrected chi connectivity index (χ1v) is 8.01. The molecule has 0 saturated heterocycles. The lowest BCUT2D eigenvalue weighted by molar-refractivity contribution is 0.0756. The molecule has 1 aromatic carbocycles. The molecule has 2 atom stereocenters. The summed E-state index contributed by atoms with van der Waals surface area (Å²) in [5, 5.41) is 3.18. The largest absolute Gasteiger partial charge is 0.366 e. The van der Waals surface area contributed by atoms with Gasteiger partial charge in [0.05, 0.1) is 0 Å². The molecular weight excluding hydrogens is 278 g/mol. The van der Waals surface area contributed by atoms with Crippen molar-refractivity contribution in [2.75, 3.05) is 0 Å². The summed E-state index contributed by atoms with van der Waals surface area (Å²) >= 11 is 0. The molecule has 0 heterocycles. The normalized spacial score (nSPS) is 30.6. The molecule has 118 valence electrons. The molecule has 0 aliphatic heterocycles. The summed E-state index contributed by atoms with van der Waals surface area (Å²) < 4.78 is 0. The monoisotopic (exact) mass is 301 g/mol. The molecule has 2 bridgehead atoms. The fourth-order valence-corrected chi connectivity index (χ4v) is 4.07. The van der Waals surface area contributed by atoms with Gasteiger partial charge in [-0.25, -0.2) is 0 Å². The van der Waals surface area contributed by atoms with E-state index in [1.54, 1.807) is 24.3 Å². The summed E-state index contributed by atoms with van der Waals surface area (Å²) in [4.78, 5) is 23.7. The lowest BCUT2D eigenvalue weighted by Gasteiger charge is -2.45. The molecule has 1 aromatic rings. The van der Waals surface area contributed by atoms with Gasteiger partial charge >= 0.3 is 0 Å². The van der Waals surface area contributed by atoms with E-state index in [0.29, 0.717) is 23.0 Å². The predicted molar refractivity (Wildman–Crippen MR) is 84.3 cm³/mol. The lowest BCUT2D eigenvalue weighted by atomic mass is 9.67. The van der Waals surface area contributed by atoms with Crippen LogP contribution in [0.3, 0.4) is 0 Å². The van der Waals surface area contributed by atoms with Gasteiger partial charge in [0, 0.05) is 23.2 Å². The summed E-state index contributed by atoms with van der Waals surface area (Å²) in [6.07, 6.45) is 5.48. The molecule has 2 fully saturated rings. The summed E-state index contributed by atoms with van der Waals surface area (Å²) in [7, 11) is 0. The number of fused-ring (bicyclic) bond motifs is 2. The molecule has 2 amide bonds. The minimum absolute atomic E-state index is 0.125. The summed E-state index contributed by atoms with van der Waals surface area (Å²) in [5.41, 5.74) is 12.2. The smallest absolute Gasteiger partial charge is 0.251 e. The van der Waals surface area contributed by atoms with Crippen LogP contribution in [0.25, 0.3) is 0 Å². The van der Waals surface area contributed by atoms with Crippen molar-refractivity contribution < 1.29 is 9.59 Å². The zero-order chi connectivity index (χ0) is 15.7. The maximum Gasteiger partial charge on any atom is 0.251 e. The van der Waals surface area contributed by atoms with E-state index in [2.05, 4.69) is 5.32 Å². The van der Waals surface area contributed by atoms with E-state index in [4.69, 9.17) is 11.5 Å². The van der Waals surface area contributed by atoms with Gasteiger partial charge in [-0.1, -0.05) is 12.5 Å². The molecule has 5 heteroatoms. The van der Waals surface area contributed by atoms with Crippen molar-refractivity contribution in [3.63, 3.8) is 0 Å². The molecule has 0 aromatic heterocycles. The van der Waals surface area contributed by atoms with Crippen molar-refractivity contribution in [3.8, 4) is 0 Å². The van der Waals surface area contributed by atoms with Gasteiger partial charge < -0.3 is 16.8 Å². The Morgan fingerprint density at radius 1 is 1.09 bits per heavy atom. The van der Waals surface area contributed by atoms with E-state index in [9.17, 15) is 9.59 Å². The van der Waals surface area contributed by atoms with Crippen molar-refractivity contribution in [3.05, 3.63) is 35.4 Å². The van der Waals surface area contributed by atoms with Gasteiger partial charge in [0.15, 0.2) is 0 Å². The first kappa shape index (κ1) is 15.0. The van der Waals surface area contributed by atoms with E-state index >= 15 is 0 Å². The number of hydrogen-bond donors (Lipinski definition) is 3. The predicted octanol–water partition coefficient (Wildman–Crippen LogP) is 1.42. The Morgan fingerprint density at radius 3 is 2.36 bits per heavy atom. The molecule has 0 spiro atoms. The Labute approximate surface area is 130 Å². The summed E-state index contributed by atoms with van der Waals surface area (Å²) in [6.45, 7) is 0. The Kier molecular flexibility index (Phi) is 4.16. The minimum atomic E-state index is -0.518. The second kappa shape index (κ2) is 6.08. The van der Waals surface area contributed by atoms with Crippen LogP contribution in [0.4, 0.5) is 0 Å². The maximum absolute atomic E-state index is 12.5. The van der Waals surface area contributed by atoms with Gasteiger partial charge in [0.1, 0.15) is 0 Å². The van der Waals surface area contributed by atoms with E-state index in [-0.39, 0.29) is 18.0 Å². The van der Waals surface area contributed by atoms with E-state index in [0.717, 1.165) is 25.7 Å². The SMILES string of the molecule is NC(=O)c1cccc(C(=O)NC2C3CCCC2CC(N)C3)c1. The number of nitrogens with one attached hydrogen (secondary N) is 1. The van der Waals surface area contributed by atoms with Crippen molar-refractivity contribution in [1.29, 1.82) is 0 Å². The zero-order valence-electron chi connectivity index (χ0n) is 12.6. The number of benzene rings is 1. The highest BCUT2D eigenvalue weighted by Gasteiger charge is 2.39. The molecule has 2 unspecified atom stereocenters. The minimum Gasteiger partial charge on any atom is -0.366 e. The topological polar surface area (TPSA) is 98.2 Å². The number of primary amides is 1. The third kappa shape index (κ3) is 2.99. The van der Waals surface area contributed by atoms with Crippen LogP contribution in [0.15, 0.2) is 24.3 Å². The Morgan fingerprint density at radius 2 is 1.73 bits per heavy atom. The van der Waals surface area contributed by atoms with Crippen molar-refractivity contribution in [2.45, 2.75) is 44.2 Å². The van der Waals surface area contributed by atoms with Gasteiger partial charge in [0.2, 0.25) is 5.91 Å². The molecule has 2 aliphatic rings. The van der Waals surface area contributed by atoms with Crippen LogP contribution in [0.1, 0.15) is 52.8 Å². The molecule has 22 heavy (non-hydrogen) atoms. The number of amides is 2. The van der Waals surface area contributed by atoms with Gasteiger partial charge in [-0.05, 0) is 55.7 Å². The lowest BCUT2D eigenvalue weighted by Crippen LogP contribution is -2.53. The average Bonchev–Trinajstić information content (AvgIpc) is 2.48. The molecular formula is C17H23N3O2. The number of nitrogens with two attached hydrogens (primary N) is 2. The number of hydrogen-bond acceptors (Lipinski definition) is 3. The highest BCUT2D eigenvalue weighted by Crippen LogP contribution is 2.39. The van der Waals surface area contributed by atoms with Crippen molar-refractivity contribution in [2.24, 2.45) is 23.3 Å². The van der Waals surface area contributed by atoms with E-state index in [1.807, 2.05) is 0 Å². The van der Waals surface area contributed by atoms with Crippen LogP contribution in [0, 0.1) is 11.8 Å².